The maximum Gasteiger partial charge on any atom is 0.410 e. The molecule has 1 saturated carbocycles. The van der Waals surface area contributed by atoms with E-state index in [1.165, 1.54) is 6.92 Å². The van der Waals surface area contributed by atoms with Crippen LogP contribution in [0.5, 0.6) is 0 Å². The molecular formula is C30H39N7O4. The molecular weight excluding hydrogens is 522 g/mol. The van der Waals surface area contributed by atoms with Crippen molar-refractivity contribution in [1.29, 1.82) is 0 Å². The molecule has 1 aliphatic carbocycles. The number of carbonyl (C=O) groups excluding carboxylic acids is 2. The zero-order valence-electron chi connectivity index (χ0n) is 24.7. The Labute approximate surface area is 239 Å². The van der Waals surface area contributed by atoms with Gasteiger partial charge in [0.25, 0.3) is 5.56 Å². The van der Waals surface area contributed by atoms with Gasteiger partial charge in [-0.25, -0.2) is 19.7 Å². The topological polar surface area (TPSA) is 123 Å². The molecule has 5 rings (SSSR count). The zero-order chi connectivity index (χ0) is 29.5. The van der Waals surface area contributed by atoms with Crippen LogP contribution in [0.4, 0.5) is 22.2 Å². The first-order valence-corrected chi connectivity index (χ1v) is 14.3. The van der Waals surface area contributed by atoms with Gasteiger partial charge in [-0.3, -0.25) is 9.59 Å². The minimum atomic E-state index is -0.535. The van der Waals surface area contributed by atoms with Gasteiger partial charge in [-0.2, -0.15) is 0 Å². The first-order chi connectivity index (χ1) is 19.4. The molecule has 2 fully saturated rings. The van der Waals surface area contributed by atoms with Crippen LogP contribution in [0.3, 0.4) is 0 Å². The molecule has 11 nitrogen and oxygen atoms in total. The second-order valence-electron chi connectivity index (χ2n) is 12.1. The summed E-state index contributed by atoms with van der Waals surface area (Å²) in [6.45, 7) is 12.6. The molecule has 1 saturated heterocycles. The van der Waals surface area contributed by atoms with Crippen molar-refractivity contribution in [2.75, 3.05) is 29.9 Å². The van der Waals surface area contributed by atoms with Crippen LogP contribution in [-0.2, 0) is 4.74 Å². The average Bonchev–Trinajstić information content (AvgIpc) is 3.42. The highest BCUT2D eigenvalue weighted by Gasteiger charge is 2.31. The first kappa shape index (κ1) is 28.5. The number of hydrogen-bond acceptors (Lipinski definition) is 9. The molecule has 0 radical (unpaired) electrons. The van der Waals surface area contributed by atoms with E-state index in [1.54, 1.807) is 28.1 Å². The van der Waals surface area contributed by atoms with E-state index in [0.717, 1.165) is 42.4 Å². The van der Waals surface area contributed by atoms with Gasteiger partial charge in [0.1, 0.15) is 23.1 Å². The van der Waals surface area contributed by atoms with Crippen LogP contribution in [0.1, 0.15) is 82.3 Å². The zero-order valence-corrected chi connectivity index (χ0v) is 24.7. The maximum atomic E-state index is 13.5. The molecule has 41 heavy (non-hydrogen) atoms. The lowest BCUT2D eigenvalue weighted by atomic mass is 10.0. The highest BCUT2D eigenvalue weighted by Crippen LogP contribution is 2.33. The van der Waals surface area contributed by atoms with E-state index in [9.17, 15) is 14.4 Å². The maximum absolute atomic E-state index is 13.5. The number of ether oxygens (including phenoxy) is 1. The molecule has 11 heteroatoms. The Morgan fingerprint density at radius 2 is 1.73 bits per heavy atom. The Morgan fingerprint density at radius 1 is 1.02 bits per heavy atom. The number of nitrogens with one attached hydrogen (secondary N) is 1. The third-order valence-corrected chi connectivity index (χ3v) is 7.87. The highest BCUT2D eigenvalue weighted by molar-refractivity contribution is 6.00. The summed E-state index contributed by atoms with van der Waals surface area (Å²) in [6, 6.07) is 1.89. The van der Waals surface area contributed by atoms with E-state index >= 15 is 0 Å². The quantitative estimate of drug-likeness (QED) is 0.429. The summed E-state index contributed by atoms with van der Waals surface area (Å²) in [5, 5.41) is 4.02. The van der Waals surface area contributed by atoms with Gasteiger partial charge in [0.2, 0.25) is 0 Å². The Morgan fingerprint density at radius 3 is 2.34 bits per heavy atom. The largest absolute Gasteiger partial charge is 0.444 e. The number of anilines is 3. The summed E-state index contributed by atoms with van der Waals surface area (Å²) >= 11 is 0. The summed E-state index contributed by atoms with van der Waals surface area (Å²) in [5.74, 6) is 1.56. The summed E-state index contributed by atoms with van der Waals surface area (Å²) in [6.07, 6.45) is 8.73. The minimum absolute atomic E-state index is 0.0376. The van der Waals surface area contributed by atoms with Crippen molar-refractivity contribution in [2.45, 2.75) is 84.9 Å². The summed E-state index contributed by atoms with van der Waals surface area (Å²) in [4.78, 5) is 56.0. The Hall–Kier alpha value is -4.02. The van der Waals surface area contributed by atoms with Gasteiger partial charge in [-0.1, -0.05) is 12.8 Å². The van der Waals surface area contributed by atoms with E-state index in [-0.39, 0.29) is 35.1 Å². The number of hydrogen-bond donors (Lipinski definition) is 1. The van der Waals surface area contributed by atoms with Crippen LogP contribution in [-0.4, -0.2) is 67.6 Å². The number of rotatable bonds is 5. The lowest BCUT2D eigenvalue weighted by molar-refractivity contribution is 0.0158. The number of carbonyl (C=O) groups is 2. The predicted octanol–water partition coefficient (Wildman–Crippen LogP) is 5.00. The molecule has 2 aliphatic rings. The normalized spacial score (nSPS) is 18.1. The molecule has 218 valence electrons. The van der Waals surface area contributed by atoms with Crippen molar-refractivity contribution in [2.24, 2.45) is 0 Å². The van der Waals surface area contributed by atoms with Crippen LogP contribution >= 0.6 is 0 Å². The minimum Gasteiger partial charge on any atom is -0.444 e. The van der Waals surface area contributed by atoms with E-state index < -0.39 is 5.60 Å². The number of ketones is 1. The number of Topliss-reactive ketones (excluding diaryl/α,β-unsaturated/α-hetero) is 1. The van der Waals surface area contributed by atoms with Crippen LogP contribution in [0.25, 0.3) is 10.9 Å². The van der Waals surface area contributed by atoms with Crippen molar-refractivity contribution in [1.82, 2.24) is 24.4 Å². The Bertz CT molecular complexity index is 1520. The molecule has 0 unspecified atom stereocenters. The molecule has 0 bridgehead atoms. The van der Waals surface area contributed by atoms with Crippen molar-refractivity contribution >= 4 is 40.2 Å². The lowest BCUT2D eigenvalue weighted by Crippen LogP contribution is -2.55. The first-order valence-electron chi connectivity index (χ1n) is 14.3. The number of aryl methyl sites for hydroxylation is 1. The molecule has 4 heterocycles. The third kappa shape index (κ3) is 5.89. The molecule has 1 aliphatic heterocycles. The van der Waals surface area contributed by atoms with Crippen molar-refractivity contribution in [3.05, 3.63) is 46.1 Å². The summed E-state index contributed by atoms with van der Waals surface area (Å²) < 4.78 is 7.34. The van der Waals surface area contributed by atoms with Crippen LogP contribution in [0.15, 0.2) is 29.5 Å². The molecule has 3 aromatic rings. The van der Waals surface area contributed by atoms with E-state index in [1.807, 2.05) is 40.7 Å². The molecule has 1 amide bonds. The van der Waals surface area contributed by atoms with Gasteiger partial charge >= 0.3 is 6.09 Å². The molecule has 0 spiro atoms. The van der Waals surface area contributed by atoms with Crippen molar-refractivity contribution in [3.63, 3.8) is 0 Å². The second-order valence-corrected chi connectivity index (χ2v) is 12.1. The third-order valence-electron chi connectivity index (χ3n) is 7.87. The van der Waals surface area contributed by atoms with Crippen LogP contribution in [0.2, 0.25) is 0 Å². The van der Waals surface area contributed by atoms with Crippen molar-refractivity contribution in [3.8, 4) is 0 Å². The number of piperazine rings is 1. The summed E-state index contributed by atoms with van der Waals surface area (Å²) in [7, 11) is 0. The Balaban J connectivity index is 1.35. The van der Waals surface area contributed by atoms with E-state index in [2.05, 4.69) is 25.2 Å². The van der Waals surface area contributed by atoms with Gasteiger partial charge < -0.3 is 24.4 Å². The average molecular weight is 562 g/mol. The number of pyridine rings is 2. The fraction of sp³-hybridized carbons (Fsp3) is 0.533. The number of amides is 1. The number of nitrogens with zero attached hydrogens (tertiary/aromatic N) is 6. The van der Waals surface area contributed by atoms with Crippen molar-refractivity contribution < 1.29 is 14.3 Å². The predicted molar refractivity (Wildman–Crippen MR) is 158 cm³/mol. The number of aromatic nitrogens is 4. The standard InChI is InChI=1S/C30H39N7O4/c1-18-17-35(11-12-36(18)29(40)41-30(4,5)6)26-16-32-25(15-33-26)34-24-13-23-22(14-31-24)19(2)27(20(3)38)28(39)37(23)21-9-7-8-10-21/h13-16,18,21H,7-12,17H2,1-6H3,(H,31,32,34)/t18-/m1/s1. The fourth-order valence-corrected chi connectivity index (χ4v) is 5.90. The summed E-state index contributed by atoms with van der Waals surface area (Å²) in [5.41, 5.74) is 0.914. The fourth-order valence-electron chi connectivity index (χ4n) is 5.90. The van der Waals surface area contributed by atoms with Crippen LogP contribution in [0, 0.1) is 6.92 Å². The smallest absolute Gasteiger partial charge is 0.410 e. The monoisotopic (exact) mass is 561 g/mol. The highest BCUT2D eigenvalue weighted by atomic mass is 16.6. The van der Waals surface area contributed by atoms with Gasteiger partial charge in [0.15, 0.2) is 5.78 Å². The van der Waals surface area contributed by atoms with E-state index in [0.29, 0.717) is 36.8 Å². The lowest BCUT2D eigenvalue weighted by Gasteiger charge is -2.40. The SMILES string of the molecule is CC(=O)c1c(C)c2cnc(Nc3cnc(N4CCN(C(=O)OC(C)(C)C)[C@H](C)C4)cn3)cc2n(C2CCCC2)c1=O. The Kier molecular flexibility index (Phi) is 7.72. The van der Waals surface area contributed by atoms with Gasteiger partial charge in [-0.15, -0.1) is 0 Å². The van der Waals surface area contributed by atoms with Crippen LogP contribution < -0.4 is 15.8 Å². The number of fused-ring (bicyclic) bond motifs is 1. The second kappa shape index (κ2) is 11.1. The van der Waals surface area contributed by atoms with E-state index in [4.69, 9.17) is 4.74 Å². The van der Waals surface area contributed by atoms with Gasteiger partial charge in [0, 0.05) is 49.4 Å². The molecule has 1 atom stereocenters. The van der Waals surface area contributed by atoms with Gasteiger partial charge in [0.05, 0.1) is 23.5 Å². The molecule has 0 aromatic carbocycles. The molecule has 3 aromatic heterocycles. The molecule has 1 N–H and O–H groups in total. The van der Waals surface area contributed by atoms with Gasteiger partial charge in [-0.05, 0) is 59.9 Å².